The van der Waals surface area contributed by atoms with Gasteiger partial charge in [-0.2, -0.15) is 0 Å². The highest BCUT2D eigenvalue weighted by atomic mass is 35.5. The Morgan fingerprint density at radius 3 is 2.68 bits per heavy atom. The topological polar surface area (TPSA) is 114 Å². The molecular weight excluding hydrogens is 522 g/mol. The number of nitrogens with zero attached hydrogens (tertiary/aromatic N) is 2. The first-order chi connectivity index (χ1) is 17.7. The third-order valence-corrected chi connectivity index (χ3v) is 8.18. The Morgan fingerprint density at radius 1 is 1.14 bits per heavy atom. The predicted octanol–water partition coefficient (Wildman–Crippen LogP) is 2.43. The highest BCUT2D eigenvalue weighted by Crippen LogP contribution is 2.36. The lowest BCUT2D eigenvalue weighted by Crippen LogP contribution is -2.46. The zero-order valence-electron chi connectivity index (χ0n) is 20.5. The number of benzene rings is 2. The van der Waals surface area contributed by atoms with E-state index in [1.54, 1.807) is 42.3 Å². The number of hydrogen-bond donors (Lipinski definition) is 1. The summed E-state index contributed by atoms with van der Waals surface area (Å²) in [5.41, 5.74) is 0.373. The van der Waals surface area contributed by atoms with Gasteiger partial charge in [-0.3, -0.25) is 14.5 Å². The largest absolute Gasteiger partial charge is 0.487 e. The molecule has 1 N–H and O–H groups in total. The Kier molecular flexibility index (Phi) is 8.91. The zero-order chi connectivity index (χ0) is 26.4. The predicted molar refractivity (Wildman–Crippen MR) is 139 cm³/mol. The Hall–Kier alpha value is -2.86. The molecule has 2 aliphatic rings. The second kappa shape index (κ2) is 12.1. The molecule has 200 valence electrons. The Balaban J connectivity index is 1.50. The molecule has 2 heterocycles. The van der Waals surface area contributed by atoms with Gasteiger partial charge in [0.25, 0.3) is 0 Å². The summed E-state index contributed by atoms with van der Waals surface area (Å²) in [7, 11) is -1.53. The van der Waals surface area contributed by atoms with Crippen LogP contribution in [-0.2, 0) is 24.2 Å². The number of rotatable bonds is 3. The molecule has 2 aromatic rings. The van der Waals surface area contributed by atoms with Crippen molar-refractivity contribution in [1.82, 2.24) is 9.80 Å². The summed E-state index contributed by atoms with van der Waals surface area (Å²) in [5.74, 6) is 0.773. The Morgan fingerprint density at radius 2 is 1.92 bits per heavy atom. The summed E-state index contributed by atoms with van der Waals surface area (Å²) in [5, 5.41) is 3.24. The second-order valence-electron chi connectivity index (χ2n) is 8.97. The molecule has 1 fully saturated rings. The van der Waals surface area contributed by atoms with E-state index in [0.29, 0.717) is 47.5 Å². The van der Waals surface area contributed by atoms with E-state index in [2.05, 4.69) is 5.32 Å². The molecule has 0 radical (unpaired) electrons. The molecule has 0 aliphatic carbocycles. The highest BCUT2D eigenvalue weighted by Gasteiger charge is 2.33. The molecule has 2 amide bonds. The van der Waals surface area contributed by atoms with Crippen LogP contribution in [0.2, 0.25) is 5.02 Å². The maximum atomic E-state index is 13.0. The van der Waals surface area contributed by atoms with Crippen molar-refractivity contribution in [2.24, 2.45) is 0 Å². The standard InChI is InChI=1S/C25H30ClN3O7S/c1-28(19-8-13-37(32,33)17-19)25(31)16-29-9-10-34-11-12-35-22-4-2-3-5-23(22)36-21-7-6-18(26)14-20(21)27-24(30)15-29/h2-7,14,19H,8-13,15-17H2,1H3,(H,27,30). The van der Waals surface area contributed by atoms with Crippen molar-refractivity contribution in [3.05, 3.63) is 47.5 Å². The Bertz CT molecular complexity index is 1240. The van der Waals surface area contributed by atoms with Crippen LogP contribution in [-0.4, -0.2) is 94.1 Å². The van der Waals surface area contributed by atoms with Gasteiger partial charge in [-0.05, 0) is 36.8 Å². The van der Waals surface area contributed by atoms with Crippen molar-refractivity contribution in [1.29, 1.82) is 0 Å². The highest BCUT2D eigenvalue weighted by molar-refractivity contribution is 7.91. The van der Waals surface area contributed by atoms with E-state index < -0.39 is 9.84 Å². The SMILES string of the molecule is CN(C(=O)CN1CCOCCOc2ccccc2Oc2ccc(Cl)cc2NC(=O)C1)C1CCS(=O)(=O)C1. The van der Waals surface area contributed by atoms with Crippen LogP contribution in [0.25, 0.3) is 0 Å². The van der Waals surface area contributed by atoms with Crippen LogP contribution in [0, 0.1) is 0 Å². The fourth-order valence-electron chi connectivity index (χ4n) is 4.16. The summed E-state index contributed by atoms with van der Waals surface area (Å²) in [6.07, 6.45) is 0.411. The molecular formula is C25H30ClN3O7S. The van der Waals surface area contributed by atoms with E-state index in [4.69, 9.17) is 25.8 Å². The van der Waals surface area contributed by atoms with Gasteiger partial charge < -0.3 is 24.4 Å². The zero-order valence-corrected chi connectivity index (χ0v) is 22.1. The number of fused-ring (bicyclic) bond motifs is 2. The normalized spacial score (nSPS) is 20.7. The summed E-state index contributed by atoms with van der Waals surface area (Å²) in [6, 6.07) is 11.7. The minimum atomic E-state index is -3.13. The van der Waals surface area contributed by atoms with Crippen LogP contribution in [0.1, 0.15) is 6.42 Å². The number of hydrogen-bond acceptors (Lipinski definition) is 8. The fraction of sp³-hybridized carbons (Fsp3) is 0.440. The summed E-state index contributed by atoms with van der Waals surface area (Å²) in [4.78, 5) is 29.1. The lowest BCUT2D eigenvalue weighted by atomic mass is 10.2. The maximum absolute atomic E-state index is 13.0. The minimum Gasteiger partial charge on any atom is -0.487 e. The van der Waals surface area contributed by atoms with Gasteiger partial charge in [0.2, 0.25) is 11.8 Å². The first kappa shape index (κ1) is 27.2. The average Bonchev–Trinajstić information content (AvgIpc) is 3.22. The lowest BCUT2D eigenvalue weighted by Gasteiger charge is -2.28. The number of ether oxygens (including phenoxy) is 3. The smallest absolute Gasteiger partial charge is 0.238 e. The first-order valence-corrected chi connectivity index (χ1v) is 14.2. The number of carbonyl (C=O) groups excluding carboxylic acids is 2. The van der Waals surface area contributed by atoms with Crippen LogP contribution >= 0.6 is 11.6 Å². The average molecular weight is 552 g/mol. The summed E-state index contributed by atoms with van der Waals surface area (Å²) in [6.45, 7) is 1.00. The van der Waals surface area contributed by atoms with Crippen molar-refractivity contribution in [3.8, 4) is 17.2 Å². The maximum Gasteiger partial charge on any atom is 0.238 e. The molecule has 0 bridgehead atoms. The minimum absolute atomic E-state index is 0.0429. The van der Waals surface area contributed by atoms with Crippen molar-refractivity contribution in [2.75, 3.05) is 63.3 Å². The molecule has 0 saturated carbocycles. The third-order valence-electron chi connectivity index (χ3n) is 6.20. The molecule has 1 saturated heterocycles. The molecule has 2 aromatic carbocycles. The van der Waals surface area contributed by atoms with Crippen LogP contribution in [0.15, 0.2) is 42.5 Å². The number of amides is 2. The number of likely N-dealkylation sites (N-methyl/N-ethyl adjacent to an activating group) is 1. The van der Waals surface area contributed by atoms with Gasteiger partial charge in [0, 0.05) is 24.7 Å². The number of para-hydroxylation sites is 2. The molecule has 4 rings (SSSR count). The molecule has 37 heavy (non-hydrogen) atoms. The lowest BCUT2D eigenvalue weighted by molar-refractivity contribution is -0.133. The van der Waals surface area contributed by atoms with E-state index in [1.165, 1.54) is 4.90 Å². The number of sulfone groups is 1. The van der Waals surface area contributed by atoms with Crippen molar-refractivity contribution in [3.63, 3.8) is 0 Å². The molecule has 0 aromatic heterocycles. The monoisotopic (exact) mass is 551 g/mol. The van der Waals surface area contributed by atoms with Gasteiger partial charge in [0.15, 0.2) is 27.1 Å². The van der Waals surface area contributed by atoms with E-state index in [1.807, 2.05) is 12.1 Å². The molecule has 12 heteroatoms. The van der Waals surface area contributed by atoms with Gasteiger partial charge in [-0.1, -0.05) is 23.7 Å². The molecule has 0 spiro atoms. The molecule has 1 atom stereocenters. The van der Waals surface area contributed by atoms with Crippen LogP contribution < -0.4 is 14.8 Å². The van der Waals surface area contributed by atoms with Gasteiger partial charge in [-0.25, -0.2) is 8.42 Å². The summed E-state index contributed by atoms with van der Waals surface area (Å²) < 4.78 is 41.2. The van der Waals surface area contributed by atoms with Gasteiger partial charge in [-0.15, -0.1) is 0 Å². The molecule has 10 nitrogen and oxygen atoms in total. The van der Waals surface area contributed by atoms with Crippen LogP contribution in [0.4, 0.5) is 5.69 Å². The number of nitrogens with one attached hydrogen (secondary N) is 1. The van der Waals surface area contributed by atoms with Gasteiger partial charge >= 0.3 is 0 Å². The second-order valence-corrected chi connectivity index (χ2v) is 11.6. The molecule has 1 unspecified atom stereocenters. The number of anilines is 1. The third kappa shape index (κ3) is 7.57. The van der Waals surface area contributed by atoms with Crippen molar-refractivity contribution >= 4 is 38.9 Å². The van der Waals surface area contributed by atoms with Crippen LogP contribution in [0.3, 0.4) is 0 Å². The van der Waals surface area contributed by atoms with E-state index in [9.17, 15) is 18.0 Å². The van der Waals surface area contributed by atoms with Gasteiger partial charge in [0.1, 0.15) is 6.61 Å². The first-order valence-electron chi connectivity index (χ1n) is 12.0. The Labute approximate surface area is 221 Å². The van der Waals surface area contributed by atoms with Crippen LogP contribution in [0.5, 0.6) is 17.2 Å². The number of halogens is 1. The van der Waals surface area contributed by atoms with Gasteiger partial charge in [0.05, 0.1) is 43.5 Å². The molecule has 2 aliphatic heterocycles. The van der Waals surface area contributed by atoms with E-state index in [0.717, 1.165) is 0 Å². The quantitative estimate of drug-likeness (QED) is 0.618. The number of carbonyl (C=O) groups is 2. The van der Waals surface area contributed by atoms with E-state index >= 15 is 0 Å². The van der Waals surface area contributed by atoms with E-state index in [-0.39, 0.29) is 55.7 Å². The summed E-state index contributed by atoms with van der Waals surface area (Å²) >= 11 is 6.18. The fourth-order valence-corrected chi connectivity index (χ4v) is 6.11. The van der Waals surface area contributed by atoms with Crippen molar-refractivity contribution < 1.29 is 32.2 Å². The van der Waals surface area contributed by atoms with Crippen molar-refractivity contribution in [2.45, 2.75) is 12.5 Å².